The third kappa shape index (κ3) is 2.91. The molecule has 2 aliphatic rings. The van der Waals surface area contributed by atoms with Gasteiger partial charge in [-0.3, -0.25) is 4.79 Å². The molecule has 1 N–H and O–H groups in total. The minimum Gasteiger partial charge on any atom is -0.477 e. The second-order valence-corrected chi connectivity index (χ2v) is 6.09. The van der Waals surface area contributed by atoms with Crippen LogP contribution >= 0.6 is 0 Å². The Kier molecular flexibility index (Phi) is 4.02. The number of rotatable bonds is 3. The smallest absolute Gasteiger partial charge is 0.260 e. The third-order valence-electron chi connectivity index (χ3n) is 4.49. The number of amides is 1. The molecule has 0 radical (unpaired) electrons. The van der Waals surface area contributed by atoms with E-state index in [0.717, 1.165) is 31.6 Å². The normalized spacial score (nSPS) is 17.9. The number of fused-ring (bicyclic) bond motifs is 1. The highest BCUT2D eigenvalue weighted by Crippen LogP contribution is 2.25. The van der Waals surface area contributed by atoms with Gasteiger partial charge in [-0.1, -0.05) is 0 Å². The summed E-state index contributed by atoms with van der Waals surface area (Å²) in [5, 5.41) is 7.66. The number of hydrogen-bond acceptors (Lipinski definition) is 6. The summed E-state index contributed by atoms with van der Waals surface area (Å²) in [7, 11) is 0. The summed E-state index contributed by atoms with van der Waals surface area (Å²) < 4.78 is 7.41. The average Bonchev–Trinajstić information content (AvgIpc) is 3.07. The van der Waals surface area contributed by atoms with Crippen LogP contribution < -0.4 is 10.1 Å². The van der Waals surface area contributed by atoms with Gasteiger partial charge in [0, 0.05) is 38.3 Å². The highest BCUT2D eigenvalue weighted by atomic mass is 16.5. The summed E-state index contributed by atoms with van der Waals surface area (Å²) in [5.41, 5.74) is 0.580. The number of ether oxygens (including phenoxy) is 1. The van der Waals surface area contributed by atoms with Crippen molar-refractivity contribution in [1.29, 1.82) is 0 Å². The number of piperidine rings is 1. The van der Waals surface area contributed by atoms with E-state index in [1.165, 1.54) is 6.33 Å². The maximum Gasteiger partial charge on any atom is 0.260 e. The molecule has 8 heteroatoms. The highest BCUT2D eigenvalue weighted by molar-refractivity contribution is 5.96. The first-order valence-corrected chi connectivity index (χ1v) is 8.32. The Balaban J connectivity index is 1.37. The molecular formula is C16H20N6O2. The van der Waals surface area contributed by atoms with Gasteiger partial charge in [0.25, 0.3) is 5.91 Å². The Labute approximate surface area is 139 Å². The molecule has 0 aliphatic carbocycles. The van der Waals surface area contributed by atoms with Crippen LogP contribution in [0.5, 0.6) is 5.88 Å². The van der Waals surface area contributed by atoms with E-state index in [2.05, 4.69) is 20.4 Å². The number of carbonyl (C=O) groups is 1. The van der Waals surface area contributed by atoms with Gasteiger partial charge in [-0.25, -0.2) is 14.6 Å². The number of carbonyl (C=O) groups excluding carboxylic acids is 1. The number of aromatic nitrogens is 4. The number of hydrogen-bond donors (Lipinski definition) is 1. The van der Waals surface area contributed by atoms with Crippen LogP contribution in [-0.2, 0) is 6.54 Å². The van der Waals surface area contributed by atoms with Gasteiger partial charge < -0.3 is 15.0 Å². The summed E-state index contributed by atoms with van der Waals surface area (Å²) in [6.45, 7) is 2.89. The first kappa shape index (κ1) is 14.9. The van der Waals surface area contributed by atoms with Crippen molar-refractivity contribution in [2.45, 2.75) is 31.8 Å². The second-order valence-electron chi connectivity index (χ2n) is 6.09. The van der Waals surface area contributed by atoms with E-state index in [1.807, 2.05) is 11.0 Å². The summed E-state index contributed by atoms with van der Waals surface area (Å²) in [5.74, 6) is 1.46. The van der Waals surface area contributed by atoms with Crippen LogP contribution in [0.15, 0.2) is 24.8 Å². The van der Waals surface area contributed by atoms with Gasteiger partial charge in [0.15, 0.2) is 0 Å². The third-order valence-corrected chi connectivity index (χ3v) is 4.49. The number of likely N-dealkylation sites (tertiary alicyclic amines) is 1. The fourth-order valence-electron chi connectivity index (χ4n) is 3.20. The molecule has 8 nitrogen and oxygen atoms in total. The molecule has 1 amide bonds. The van der Waals surface area contributed by atoms with Gasteiger partial charge in [-0.05, 0) is 18.9 Å². The molecular weight excluding hydrogens is 308 g/mol. The van der Waals surface area contributed by atoms with Crippen LogP contribution in [0.25, 0.3) is 0 Å². The van der Waals surface area contributed by atoms with E-state index < -0.39 is 0 Å². The fourth-order valence-corrected chi connectivity index (χ4v) is 3.20. The van der Waals surface area contributed by atoms with Crippen LogP contribution in [0.1, 0.15) is 29.6 Å². The number of nitrogens with one attached hydrogen (secondary N) is 1. The van der Waals surface area contributed by atoms with Crippen molar-refractivity contribution < 1.29 is 9.53 Å². The summed E-state index contributed by atoms with van der Waals surface area (Å²) >= 11 is 0. The van der Waals surface area contributed by atoms with Crippen molar-refractivity contribution in [3.63, 3.8) is 0 Å². The van der Waals surface area contributed by atoms with Crippen molar-refractivity contribution in [1.82, 2.24) is 24.6 Å². The van der Waals surface area contributed by atoms with Crippen molar-refractivity contribution >= 4 is 11.7 Å². The SMILES string of the molecule is O=C(c1cnn2c1OCCC2)N1CCC(Nc2ccncn2)CC1. The minimum absolute atomic E-state index is 0.0126. The first-order chi connectivity index (χ1) is 11.8. The largest absolute Gasteiger partial charge is 0.477 e. The fraction of sp³-hybridized carbons (Fsp3) is 0.500. The predicted molar refractivity (Wildman–Crippen MR) is 86.9 cm³/mol. The Hall–Kier alpha value is -2.64. The van der Waals surface area contributed by atoms with Gasteiger partial charge in [0.1, 0.15) is 17.7 Å². The molecule has 0 atom stereocenters. The highest BCUT2D eigenvalue weighted by Gasteiger charge is 2.28. The first-order valence-electron chi connectivity index (χ1n) is 8.32. The van der Waals surface area contributed by atoms with E-state index >= 15 is 0 Å². The quantitative estimate of drug-likeness (QED) is 0.910. The van der Waals surface area contributed by atoms with E-state index in [-0.39, 0.29) is 5.91 Å². The molecule has 4 rings (SSSR count). The van der Waals surface area contributed by atoms with Crippen molar-refractivity contribution in [2.24, 2.45) is 0 Å². The lowest BCUT2D eigenvalue weighted by atomic mass is 10.0. The second kappa shape index (κ2) is 6.46. The lowest BCUT2D eigenvalue weighted by Gasteiger charge is -2.32. The summed E-state index contributed by atoms with van der Waals surface area (Å²) in [6, 6.07) is 2.18. The molecule has 126 valence electrons. The zero-order chi connectivity index (χ0) is 16.4. The van der Waals surface area contributed by atoms with Crippen molar-refractivity contribution in [2.75, 3.05) is 25.0 Å². The zero-order valence-corrected chi connectivity index (χ0v) is 13.4. The maximum absolute atomic E-state index is 12.7. The van der Waals surface area contributed by atoms with Gasteiger partial charge in [0.2, 0.25) is 5.88 Å². The Morgan fingerprint density at radius 3 is 2.96 bits per heavy atom. The van der Waals surface area contributed by atoms with Crippen molar-refractivity contribution in [3.8, 4) is 5.88 Å². The lowest BCUT2D eigenvalue weighted by molar-refractivity contribution is 0.0711. The Bertz CT molecular complexity index is 709. The van der Waals surface area contributed by atoms with Gasteiger partial charge in [-0.15, -0.1) is 0 Å². The molecule has 2 aromatic rings. The summed E-state index contributed by atoms with van der Waals surface area (Å²) in [6.07, 6.45) is 7.60. The molecule has 1 saturated heterocycles. The Morgan fingerprint density at radius 1 is 1.29 bits per heavy atom. The Morgan fingerprint density at radius 2 is 2.17 bits per heavy atom. The minimum atomic E-state index is 0.0126. The number of nitrogens with zero attached hydrogens (tertiary/aromatic N) is 5. The van der Waals surface area contributed by atoms with E-state index in [4.69, 9.17) is 4.74 Å². The summed E-state index contributed by atoms with van der Waals surface area (Å²) in [4.78, 5) is 22.7. The molecule has 0 aromatic carbocycles. The molecule has 0 bridgehead atoms. The topological polar surface area (TPSA) is 85.2 Å². The molecule has 0 spiro atoms. The van der Waals surface area contributed by atoms with E-state index in [9.17, 15) is 4.79 Å². The van der Waals surface area contributed by atoms with Crippen LogP contribution in [0, 0.1) is 0 Å². The standard InChI is InChI=1S/C16H20N6O2/c23-15(13-10-19-22-6-1-9-24-16(13)22)21-7-3-12(4-8-21)20-14-2-5-17-11-18-14/h2,5,10-12H,1,3-4,6-9H2,(H,17,18,20). The van der Waals surface area contributed by atoms with Gasteiger partial charge in [0.05, 0.1) is 12.8 Å². The molecule has 2 aliphatic heterocycles. The molecule has 24 heavy (non-hydrogen) atoms. The van der Waals surface area contributed by atoms with Crippen LogP contribution in [-0.4, -0.2) is 56.3 Å². The van der Waals surface area contributed by atoms with Crippen LogP contribution in [0.2, 0.25) is 0 Å². The van der Waals surface area contributed by atoms with E-state index in [1.54, 1.807) is 17.1 Å². The van der Waals surface area contributed by atoms with Crippen LogP contribution in [0.3, 0.4) is 0 Å². The monoisotopic (exact) mass is 328 g/mol. The molecule has 1 fully saturated rings. The van der Waals surface area contributed by atoms with Gasteiger partial charge >= 0.3 is 0 Å². The number of anilines is 1. The van der Waals surface area contributed by atoms with Crippen molar-refractivity contribution in [3.05, 3.63) is 30.4 Å². The average molecular weight is 328 g/mol. The van der Waals surface area contributed by atoms with Crippen LogP contribution in [0.4, 0.5) is 5.82 Å². The number of aryl methyl sites for hydroxylation is 1. The molecule has 4 heterocycles. The zero-order valence-electron chi connectivity index (χ0n) is 13.4. The molecule has 0 unspecified atom stereocenters. The van der Waals surface area contributed by atoms with E-state index in [0.29, 0.717) is 37.2 Å². The predicted octanol–water partition coefficient (Wildman–Crippen LogP) is 1.17. The molecule has 2 aromatic heterocycles. The maximum atomic E-state index is 12.7. The lowest BCUT2D eigenvalue weighted by Crippen LogP contribution is -2.42. The molecule has 0 saturated carbocycles. The van der Waals surface area contributed by atoms with Gasteiger partial charge in [-0.2, -0.15) is 5.10 Å².